The summed E-state index contributed by atoms with van der Waals surface area (Å²) in [5.41, 5.74) is 0. The van der Waals surface area contributed by atoms with Gasteiger partial charge in [0.05, 0.1) is 0 Å². The van der Waals surface area contributed by atoms with Gasteiger partial charge in [-0.05, 0) is 24.5 Å². The van der Waals surface area contributed by atoms with E-state index in [0.717, 1.165) is 5.92 Å². The van der Waals surface area contributed by atoms with Crippen molar-refractivity contribution in [2.24, 2.45) is 5.92 Å². The highest BCUT2D eigenvalue weighted by Crippen LogP contribution is 2.37. The van der Waals surface area contributed by atoms with Gasteiger partial charge < -0.3 is 0 Å². The molecule has 18 heavy (non-hydrogen) atoms. The maximum Gasteiger partial charge on any atom is 0.0132 e. The molecular weight excluding hydrogens is 236 g/mol. The molecule has 0 amide bonds. The van der Waals surface area contributed by atoms with E-state index in [1.165, 1.54) is 63.5 Å². The van der Waals surface area contributed by atoms with E-state index in [4.69, 9.17) is 0 Å². The van der Waals surface area contributed by atoms with Crippen LogP contribution in [0.25, 0.3) is 0 Å². The molecule has 0 aromatic heterocycles. The standard InChI is InChI=1S/C17H36S/c1-6-8-10-12-14-17(5,13-11-9-7-2)18-15-16(3)4/h16H,6-15H2,1-5H3. The molecule has 0 fully saturated rings. The van der Waals surface area contributed by atoms with E-state index in [1.807, 2.05) is 0 Å². The molecule has 1 heteroatoms. The summed E-state index contributed by atoms with van der Waals surface area (Å²) in [6.45, 7) is 11.8. The smallest absolute Gasteiger partial charge is 0.0132 e. The highest BCUT2D eigenvalue weighted by atomic mass is 32.2. The van der Waals surface area contributed by atoms with Crippen LogP contribution in [0.1, 0.15) is 92.4 Å². The molecule has 0 nitrogen and oxygen atoms in total. The first-order valence-electron chi connectivity index (χ1n) is 8.18. The van der Waals surface area contributed by atoms with E-state index in [-0.39, 0.29) is 0 Å². The van der Waals surface area contributed by atoms with Crippen LogP contribution in [0, 0.1) is 5.92 Å². The Hall–Kier alpha value is 0.350. The van der Waals surface area contributed by atoms with Gasteiger partial charge in [0.25, 0.3) is 0 Å². The molecule has 0 heterocycles. The summed E-state index contributed by atoms with van der Waals surface area (Å²) in [5.74, 6) is 2.16. The summed E-state index contributed by atoms with van der Waals surface area (Å²) in [6.07, 6.45) is 12.7. The topological polar surface area (TPSA) is 0 Å². The molecule has 0 aromatic carbocycles. The Kier molecular flexibility index (Phi) is 11.4. The van der Waals surface area contributed by atoms with Crippen molar-refractivity contribution in [2.45, 2.75) is 97.2 Å². The van der Waals surface area contributed by atoms with Crippen molar-refractivity contribution in [2.75, 3.05) is 5.75 Å². The zero-order valence-electron chi connectivity index (χ0n) is 13.6. The summed E-state index contributed by atoms with van der Waals surface area (Å²) in [5, 5.41) is 0. The molecule has 0 aliphatic carbocycles. The summed E-state index contributed by atoms with van der Waals surface area (Å²) in [6, 6.07) is 0. The van der Waals surface area contributed by atoms with Crippen LogP contribution in [0.5, 0.6) is 0 Å². The van der Waals surface area contributed by atoms with Crippen molar-refractivity contribution in [3.8, 4) is 0 Å². The molecule has 0 rings (SSSR count). The first-order valence-corrected chi connectivity index (χ1v) is 9.16. The number of unbranched alkanes of at least 4 members (excludes halogenated alkanes) is 5. The average Bonchev–Trinajstić information content (AvgIpc) is 2.33. The number of thioether (sulfide) groups is 1. The average molecular weight is 273 g/mol. The number of hydrogen-bond donors (Lipinski definition) is 0. The van der Waals surface area contributed by atoms with Gasteiger partial charge in [-0.3, -0.25) is 0 Å². The summed E-state index contributed by atoms with van der Waals surface area (Å²) >= 11 is 2.24. The molecule has 1 atom stereocenters. The molecular formula is C17H36S. The van der Waals surface area contributed by atoms with Gasteiger partial charge in [0.15, 0.2) is 0 Å². The van der Waals surface area contributed by atoms with Crippen LogP contribution in [0.3, 0.4) is 0 Å². The lowest BCUT2D eigenvalue weighted by molar-refractivity contribution is 0.476. The fourth-order valence-electron chi connectivity index (χ4n) is 2.31. The Morgan fingerprint density at radius 2 is 1.33 bits per heavy atom. The maximum absolute atomic E-state index is 2.52. The fourth-order valence-corrected chi connectivity index (χ4v) is 3.62. The zero-order chi connectivity index (χ0) is 13.9. The van der Waals surface area contributed by atoms with Crippen molar-refractivity contribution < 1.29 is 0 Å². The minimum absolute atomic E-state index is 0.549. The molecule has 110 valence electrons. The lowest BCUT2D eigenvalue weighted by atomic mass is 9.95. The third-order valence-electron chi connectivity index (χ3n) is 3.63. The minimum Gasteiger partial charge on any atom is -0.155 e. The molecule has 0 spiro atoms. The molecule has 0 radical (unpaired) electrons. The Morgan fingerprint density at radius 1 is 0.833 bits per heavy atom. The van der Waals surface area contributed by atoms with Crippen molar-refractivity contribution in [3.63, 3.8) is 0 Å². The highest BCUT2D eigenvalue weighted by molar-refractivity contribution is 8.00. The van der Waals surface area contributed by atoms with Gasteiger partial charge in [0.1, 0.15) is 0 Å². The van der Waals surface area contributed by atoms with Crippen LogP contribution in [-0.2, 0) is 0 Å². The van der Waals surface area contributed by atoms with Crippen molar-refractivity contribution in [1.29, 1.82) is 0 Å². The molecule has 0 aliphatic rings. The van der Waals surface area contributed by atoms with Crippen LogP contribution in [0.4, 0.5) is 0 Å². The SMILES string of the molecule is CCCCCCC(C)(CCCCC)SCC(C)C. The second kappa shape index (κ2) is 11.2. The Morgan fingerprint density at radius 3 is 1.83 bits per heavy atom. The van der Waals surface area contributed by atoms with Crippen LogP contribution < -0.4 is 0 Å². The van der Waals surface area contributed by atoms with E-state index in [1.54, 1.807) is 0 Å². The van der Waals surface area contributed by atoms with E-state index < -0.39 is 0 Å². The quantitative estimate of drug-likeness (QED) is 0.357. The van der Waals surface area contributed by atoms with E-state index in [2.05, 4.69) is 46.4 Å². The summed E-state index contributed by atoms with van der Waals surface area (Å²) < 4.78 is 0.549. The van der Waals surface area contributed by atoms with Gasteiger partial charge >= 0.3 is 0 Å². The summed E-state index contributed by atoms with van der Waals surface area (Å²) in [4.78, 5) is 0. The van der Waals surface area contributed by atoms with Gasteiger partial charge in [-0.1, -0.05) is 79.6 Å². The fraction of sp³-hybridized carbons (Fsp3) is 1.00. The van der Waals surface area contributed by atoms with Crippen LogP contribution in [0.2, 0.25) is 0 Å². The monoisotopic (exact) mass is 272 g/mol. The van der Waals surface area contributed by atoms with Crippen molar-refractivity contribution in [1.82, 2.24) is 0 Å². The molecule has 0 saturated carbocycles. The third kappa shape index (κ3) is 10.3. The van der Waals surface area contributed by atoms with Gasteiger partial charge in [0.2, 0.25) is 0 Å². The largest absolute Gasteiger partial charge is 0.155 e. The van der Waals surface area contributed by atoms with Crippen molar-refractivity contribution in [3.05, 3.63) is 0 Å². The number of rotatable bonds is 12. The van der Waals surface area contributed by atoms with Gasteiger partial charge in [-0.25, -0.2) is 0 Å². The third-order valence-corrected chi connectivity index (χ3v) is 5.57. The Bertz CT molecular complexity index is 176. The molecule has 0 aliphatic heterocycles. The van der Waals surface area contributed by atoms with Gasteiger partial charge in [-0.15, -0.1) is 0 Å². The molecule has 0 saturated heterocycles. The first-order chi connectivity index (χ1) is 8.54. The zero-order valence-corrected chi connectivity index (χ0v) is 14.4. The predicted octanol–water partition coefficient (Wildman–Crippen LogP) is 6.69. The predicted molar refractivity (Wildman–Crippen MR) is 88.6 cm³/mol. The van der Waals surface area contributed by atoms with Gasteiger partial charge in [-0.2, -0.15) is 11.8 Å². The summed E-state index contributed by atoms with van der Waals surface area (Å²) in [7, 11) is 0. The molecule has 0 aromatic rings. The van der Waals surface area contributed by atoms with Crippen LogP contribution in [-0.4, -0.2) is 10.5 Å². The molecule has 1 unspecified atom stereocenters. The number of hydrogen-bond acceptors (Lipinski definition) is 1. The second-order valence-corrected chi connectivity index (χ2v) is 8.03. The minimum atomic E-state index is 0.549. The molecule has 0 bridgehead atoms. The van der Waals surface area contributed by atoms with Crippen LogP contribution >= 0.6 is 11.8 Å². The Labute approximate surface area is 121 Å². The van der Waals surface area contributed by atoms with Gasteiger partial charge in [0, 0.05) is 4.75 Å². The lowest BCUT2D eigenvalue weighted by Crippen LogP contribution is -2.21. The van der Waals surface area contributed by atoms with E-state index in [9.17, 15) is 0 Å². The molecule has 0 N–H and O–H groups in total. The Balaban J connectivity index is 4.03. The normalized spacial score (nSPS) is 15.0. The first kappa shape index (κ1) is 18.4. The highest BCUT2D eigenvalue weighted by Gasteiger charge is 2.23. The van der Waals surface area contributed by atoms with Crippen molar-refractivity contribution >= 4 is 11.8 Å². The lowest BCUT2D eigenvalue weighted by Gasteiger charge is -2.30. The van der Waals surface area contributed by atoms with Crippen LogP contribution in [0.15, 0.2) is 0 Å². The second-order valence-electron chi connectivity index (χ2n) is 6.42. The van der Waals surface area contributed by atoms with E-state index >= 15 is 0 Å². The van der Waals surface area contributed by atoms with E-state index in [0.29, 0.717) is 4.75 Å². The maximum atomic E-state index is 2.52.